The molecule has 0 spiro atoms. The Balaban J connectivity index is 2.47. The predicted octanol–water partition coefficient (Wildman–Crippen LogP) is -0.363. The number of nitrogens with zero attached hydrogens (tertiary/aromatic N) is 1. The second-order valence-corrected chi connectivity index (χ2v) is 3.24. The highest BCUT2D eigenvalue weighted by Crippen LogP contribution is 2.16. The molecule has 1 heterocycles. The Morgan fingerprint density at radius 3 is 1.92 bits per heavy atom. The molecule has 0 radical (unpaired) electrons. The molecule has 1 rings (SSSR count). The molecule has 0 aromatic heterocycles. The first kappa shape index (κ1) is 9.92. The monoisotopic (exact) mass is 174 g/mol. The van der Waals surface area contributed by atoms with Gasteiger partial charge in [0.25, 0.3) is 0 Å². The van der Waals surface area contributed by atoms with Crippen molar-refractivity contribution >= 4 is 0 Å². The minimum absolute atomic E-state index is 0.0859. The van der Waals surface area contributed by atoms with Gasteiger partial charge in [0.1, 0.15) is 0 Å². The summed E-state index contributed by atoms with van der Waals surface area (Å²) < 4.78 is 10.5. The Bertz CT molecular complexity index is 129. The molecule has 1 fully saturated rings. The van der Waals surface area contributed by atoms with Crippen LogP contribution in [0, 0.1) is 0 Å². The van der Waals surface area contributed by atoms with Crippen LogP contribution in [-0.4, -0.2) is 50.6 Å². The maximum absolute atomic E-state index is 5.75. The van der Waals surface area contributed by atoms with Gasteiger partial charge in [-0.25, -0.2) is 0 Å². The molecular weight excluding hydrogens is 156 g/mol. The molecule has 0 aromatic rings. The highest BCUT2D eigenvalue weighted by Gasteiger charge is 2.33. The van der Waals surface area contributed by atoms with Gasteiger partial charge in [0.05, 0.1) is 18.4 Å². The molecule has 0 amide bonds. The normalized spacial score (nSPS) is 34.0. The van der Waals surface area contributed by atoms with Crippen LogP contribution in [0.3, 0.4) is 0 Å². The van der Waals surface area contributed by atoms with E-state index in [4.69, 9.17) is 15.2 Å². The molecule has 1 aliphatic rings. The fraction of sp³-hybridized carbons (Fsp3) is 1.00. The van der Waals surface area contributed by atoms with E-state index in [2.05, 4.69) is 4.90 Å². The molecule has 1 aliphatic heterocycles. The van der Waals surface area contributed by atoms with E-state index in [1.165, 1.54) is 0 Å². The zero-order valence-electron chi connectivity index (χ0n) is 7.99. The first-order chi connectivity index (χ1) is 5.69. The summed E-state index contributed by atoms with van der Waals surface area (Å²) >= 11 is 0. The third-order valence-electron chi connectivity index (χ3n) is 2.43. The molecule has 2 N–H and O–H groups in total. The number of hydrogen-bond donors (Lipinski definition) is 1. The largest absolute Gasteiger partial charge is 0.377 e. The Morgan fingerprint density at radius 1 is 1.25 bits per heavy atom. The van der Waals surface area contributed by atoms with E-state index in [9.17, 15) is 0 Å². The molecule has 72 valence electrons. The molecule has 0 bridgehead atoms. The SMILES string of the molecule is CO[C@H]1CN(C(C)N)C[C@H]1OC. The number of hydrogen-bond acceptors (Lipinski definition) is 4. The van der Waals surface area contributed by atoms with Crippen LogP contribution in [0.25, 0.3) is 0 Å². The first-order valence-corrected chi connectivity index (χ1v) is 4.24. The molecule has 1 unspecified atom stereocenters. The Kier molecular flexibility index (Phi) is 3.46. The quantitative estimate of drug-likeness (QED) is 0.634. The van der Waals surface area contributed by atoms with Crippen LogP contribution in [0.15, 0.2) is 0 Å². The second kappa shape index (κ2) is 4.18. The zero-order valence-corrected chi connectivity index (χ0v) is 7.99. The van der Waals surface area contributed by atoms with Crippen LogP contribution in [-0.2, 0) is 9.47 Å². The lowest BCUT2D eigenvalue weighted by Gasteiger charge is -2.19. The third kappa shape index (κ3) is 1.95. The lowest BCUT2D eigenvalue weighted by Crippen LogP contribution is -2.38. The van der Waals surface area contributed by atoms with Crippen LogP contribution in [0.5, 0.6) is 0 Å². The molecule has 4 heteroatoms. The highest BCUT2D eigenvalue weighted by atomic mass is 16.5. The first-order valence-electron chi connectivity index (χ1n) is 4.24. The molecule has 3 atom stereocenters. The summed E-state index contributed by atoms with van der Waals surface area (Å²) in [5.74, 6) is 0. The lowest BCUT2D eigenvalue weighted by molar-refractivity contribution is -0.00461. The topological polar surface area (TPSA) is 47.7 Å². The summed E-state index contributed by atoms with van der Waals surface area (Å²) in [5.41, 5.74) is 5.75. The Hall–Kier alpha value is -0.160. The van der Waals surface area contributed by atoms with Gasteiger partial charge in [-0.3, -0.25) is 4.90 Å². The minimum Gasteiger partial charge on any atom is -0.377 e. The molecule has 1 saturated heterocycles. The number of ether oxygens (including phenoxy) is 2. The lowest BCUT2D eigenvalue weighted by atomic mass is 10.3. The molecule has 0 aliphatic carbocycles. The average molecular weight is 174 g/mol. The van der Waals surface area contributed by atoms with Crippen LogP contribution in [0.4, 0.5) is 0 Å². The van der Waals surface area contributed by atoms with E-state index in [0.717, 1.165) is 13.1 Å². The van der Waals surface area contributed by atoms with Crippen LogP contribution in [0.2, 0.25) is 0 Å². The third-order valence-corrected chi connectivity index (χ3v) is 2.43. The number of methoxy groups -OCH3 is 2. The molecular formula is C8H18N2O2. The van der Waals surface area contributed by atoms with Gasteiger partial charge < -0.3 is 15.2 Å². The van der Waals surface area contributed by atoms with Crippen LogP contribution < -0.4 is 5.73 Å². The van der Waals surface area contributed by atoms with E-state index in [-0.39, 0.29) is 18.4 Å². The van der Waals surface area contributed by atoms with E-state index in [0.29, 0.717) is 0 Å². The van der Waals surface area contributed by atoms with Crippen molar-refractivity contribution in [3.63, 3.8) is 0 Å². The van der Waals surface area contributed by atoms with E-state index >= 15 is 0 Å². The standard InChI is InChI=1S/C8H18N2O2/c1-6(9)10-4-7(11-2)8(5-10)12-3/h6-8H,4-5,9H2,1-3H3/t6?,7-,8+. The van der Waals surface area contributed by atoms with Crippen molar-refractivity contribution in [1.29, 1.82) is 0 Å². The van der Waals surface area contributed by atoms with Gasteiger partial charge in [-0.1, -0.05) is 0 Å². The number of likely N-dealkylation sites (tertiary alicyclic amines) is 1. The van der Waals surface area contributed by atoms with Crippen LogP contribution in [0.1, 0.15) is 6.92 Å². The van der Waals surface area contributed by atoms with E-state index < -0.39 is 0 Å². The number of nitrogens with two attached hydrogens (primary N) is 1. The zero-order chi connectivity index (χ0) is 9.14. The van der Waals surface area contributed by atoms with Crippen molar-refractivity contribution < 1.29 is 9.47 Å². The van der Waals surface area contributed by atoms with Gasteiger partial charge in [0, 0.05) is 27.3 Å². The predicted molar refractivity (Wildman–Crippen MR) is 46.8 cm³/mol. The summed E-state index contributed by atoms with van der Waals surface area (Å²) in [4.78, 5) is 2.16. The Labute approximate surface area is 73.6 Å². The van der Waals surface area contributed by atoms with Crippen molar-refractivity contribution in [2.24, 2.45) is 5.73 Å². The van der Waals surface area contributed by atoms with Gasteiger partial charge in [-0.05, 0) is 6.92 Å². The van der Waals surface area contributed by atoms with Crippen molar-refractivity contribution in [1.82, 2.24) is 4.90 Å². The average Bonchev–Trinajstić information content (AvgIpc) is 2.46. The van der Waals surface area contributed by atoms with Crippen molar-refractivity contribution in [2.45, 2.75) is 25.3 Å². The fourth-order valence-corrected chi connectivity index (χ4v) is 1.56. The van der Waals surface area contributed by atoms with Gasteiger partial charge in [0.15, 0.2) is 0 Å². The summed E-state index contributed by atoms with van der Waals surface area (Å²) in [6.07, 6.45) is 0.421. The Morgan fingerprint density at radius 2 is 1.67 bits per heavy atom. The molecule has 12 heavy (non-hydrogen) atoms. The van der Waals surface area contributed by atoms with Gasteiger partial charge in [-0.15, -0.1) is 0 Å². The summed E-state index contributed by atoms with van der Waals surface area (Å²) in [7, 11) is 3.42. The fourth-order valence-electron chi connectivity index (χ4n) is 1.56. The second-order valence-electron chi connectivity index (χ2n) is 3.24. The molecule has 0 aromatic carbocycles. The molecule has 4 nitrogen and oxygen atoms in total. The van der Waals surface area contributed by atoms with Crippen molar-refractivity contribution in [3.8, 4) is 0 Å². The van der Waals surface area contributed by atoms with Crippen molar-refractivity contribution in [3.05, 3.63) is 0 Å². The van der Waals surface area contributed by atoms with Crippen LogP contribution >= 0.6 is 0 Å². The summed E-state index contributed by atoms with van der Waals surface area (Å²) in [5, 5.41) is 0. The van der Waals surface area contributed by atoms with Gasteiger partial charge in [-0.2, -0.15) is 0 Å². The summed E-state index contributed by atoms with van der Waals surface area (Å²) in [6, 6.07) is 0. The maximum atomic E-state index is 5.75. The van der Waals surface area contributed by atoms with Gasteiger partial charge >= 0.3 is 0 Å². The highest BCUT2D eigenvalue weighted by molar-refractivity contribution is 4.86. The summed E-state index contributed by atoms with van der Waals surface area (Å²) in [6.45, 7) is 3.71. The number of rotatable bonds is 3. The van der Waals surface area contributed by atoms with E-state index in [1.807, 2.05) is 6.92 Å². The van der Waals surface area contributed by atoms with Crippen molar-refractivity contribution in [2.75, 3.05) is 27.3 Å². The smallest absolute Gasteiger partial charge is 0.0972 e. The minimum atomic E-state index is 0.0859. The van der Waals surface area contributed by atoms with Gasteiger partial charge in [0.2, 0.25) is 0 Å². The van der Waals surface area contributed by atoms with E-state index in [1.54, 1.807) is 14.2 Å². The molecule has 0 saturated carbocycles. The maximum Gasteiger partial charge on any atom is 0.0972 e.